The summed E-state index contributed by atoms with van der Waals surface area (Å²) in [5.41, 5.74) is 1.51. The van der Waals surface area contributed by atoms with E-state index < -0.39 is 5.60 Å². The molecule has 0 radical (unpaired) electrons. The van der Waals surface area contributed by atoms with Crippen LogP contribution in [0.3, 0.4) is 0 Å². The van der Waals surface area contributed by atoms with E-state index in [4.69, 9.17) is 4.74 Å². The highest BCUT2D eigenvalue weighted by Gasteiger charge is 2.37. The summed E-state index contributed by atoms with van der Waals surface area (Å²) in [4.78, 5) is 2.31. The van der Waals surface area contributed by atoms with Gasteiger partial charge in [-0.3, -0.25) is 4.90 Å². The number of benzene rings is 2. The quantitative estimate of drug-likeness (QED) is 0.936. The van der Waals surface area contributed by atoms with Crippen molar-refractivity contribution in [1.82, 2.24) is 4.90 Å². The smallest absolute Gasteiger partial charge is 0.118 e. The van der Waals surface area contributed by atoms with E-state index in [0.29, 0.717) is 6.54 Å². The van der Waals surface area contributed by atoms with E-state index in [-0.39, 0.29) is 0 Å². The van der Waals surface area contributed by atoms with Crippen LogP contribution in [0.4, 0.5) is 0 Å². The van der Waals surface area contributed by atoms with Gasteiger partial charge < -0.3 is 9.84 Å². The molecule has 1 aliphatic heterocycles. The molecule has 0 aliphatic carbocycles. The molecule has 2 aromatic carbocycles. The number of rotatable bonds is 4. The Labute approximate surface area is 125 Å². The second kappa shape index (κ2) is 5.88. The minimum absolute atomic E-state index is 0.675. The van der Waals surface area contributed by atoms with Crippen LogP contribution < -0.4 is 4.74 Å². The van der Waals surface area contributed by atoms with Crippen molar-refractivity contribution in [3.63, 3.8) is 0 Å². The van der Waals surface area contributed by atoms with E-state index >= 15 is 0 Å². The predicted octanol–water partition coefficient (Wildman–Crippen LogP) is 2.79. The van der Waals surface area contributed by atoms with Crippen molar-refractivity contribution < 1.29 is 9.84 Å². The maximum Gasteiger partial charge on any atom is 0.118 e. The molecule has 3 nitrogen and oxygen atoms in total. The van der Waals surface area contributed by atoms with Gasteiger partial charge in [-0.25, -0.2) is 0 Å². The molecule has 1 unspecified atom stereocenters. The normalized spacial score (nSPS) is 22.4. The zero-order chi connectivity index (χ0) is 14.7. The first-order valence-electron chi connectivity index (χ1n) is 7.33. The number of β-amino-alcohol motifs (C(OH)–C–C–N with tert-alkyl or cyclic N) is 1. The van der Waals surface area contributed by atoms with E-state index in [9.17, 15) is 5.11 Å². The molecule has 0 bridgehead atoms. The summed E-state index contributed by atoms with van der Waals surface area (Å²) in [5, 5.41) is 10.9. The zero-order valence-electron chi connectivity index (χ0n) is 12.3. The fourth-order valence-corrected chi connectivity index (χ4v) is 2.98. The average Bonchev–Trinajstić information content (AvgIpc) is 2.91. The number of hydrogen-bond acceptors (Lipinski definition) is 3. The molecule has 0 saturated carbocycles. The van der Waals surface area contributed by atoms with Gasteiger partial charge in [0.1, 0.15) is 11.4 Å². The van der Waals surface area contributed by atoms with Crippen molar-refractivity contribution in [2.75, 3.05) is 20.2 Å². The highest BCUT2D eigenvalue weighted by Crippen LogP contribution is 2.33. The number of aliphatic hydroxyl groups is 1. The lowest BCUT2D eigenvalue weighted by molar-refractivity contribution is 0.0452. The Bertz CT molecular complexity index is 582. The van der Waals surface area contributed by atoms with Gasteiger partial charge in [-0.05, 0) is 29.7 Å². The molecule has 0 amide bonds. The molecule has 3 rings (SSSR count). The lowest BCUT2D eigenvalue weighted by Crippen LogP contribution is -2.30. The van der Waals surface area contributed by atoms with Crippen LogP contribution in [-0.4, -0.2) is 30.2 Å². The fourth-order valence-electron chi connectivity index (χ4n) is 2.98. The molecular weight excluding hydrogens is 262 g/mol. The molecule has 2 aromatic rings. The first kappa shape index (κ1) is 14.1. The molecular formula is C18H21NO2. The first-order valence-corrected chi connectivity index (χ1v) is 7.33. The van der Waals surface area contributed by atoms with Crippen LogP contribution in [0.5, 0.6) is 5.75 Å². The number of methoxy groups -OCH3 is 1. The van der Waals surface area contributed by atoms with Crippen molar-refractivity contribution >= 4 is 0 Å². The predicted molar refractivity (Wildman–Crippen MR) is 83.2 cm³/mol. The Morgan fingerprint density at radius 3 is 2.48 bits per heavy atom. The molecule has 1 fully saturated rings. The summed E-state index contributed by atoms with van der Waals surface area (Å²) in [7, 11) is 1.65. The molecule has 1 aliphatic rings. The summed E-state index contributed by atoms with van der Waals surface area (Å²) in [5.74, 6) is 0.821. The van der Waals surface area contributed by atoms with Crippen LogP contribution in [0.25, 0.3) is 0 Å². The Morgan fingerprint density at radius 2 is 1.81 bits per heavy atom. The van der Waals surface area contributed by atoms with Gasteiger partial charge in [-0.1, -0.05) is 42.5 Å². The van der Waals surface area contributed by atoms with Gasteiger partial charge in [0.05, 0.1) is 7.11 Å². The molecule has 21 heavy (non-hydrogen) atoms. The summed E-state index contributed by atoms with van der Waals surface area (Å²) in [6, 6.07) is 18.1. The van der Waals surface area contributed by atoms with Crippen molar-refractivity contribution in [3.8, 4) is 5.75 Å². The fraction of sp³-hybridized carbons (Fsp3) is 0.333. The van der Waals surface area contributed by atoms with Crippen LogP contribution in [-0.2, 0) is 12.1 Å². The van der Waals surface area contributed by atoms with E-state index in [0.717, 1.165) is 30.8 Å². The van der Waals surface area contributed by atoms with Crippen molar-refractivity contribution in [2.45, 2.75) is 18.6 Å². The van der Waals surface area contributed by atoms with E-state index in [1.54, 1.807) is 7.11 Å². The van der Waals surface area contributed by atoms with Crippen LogP contribution in [0.15, 0.2) is 54.6 Å². The van der Waals surface area contributed by atoms with Crippen molar-refractivity contribution in [1.29, 1.82) is 0 Å². The van der Waals surface area contributed by atoms with E-state index in [2.05, 4.69) is 29.2 Å². The summed E-state index contributed by atoms with van der Waals surface area (Å²) in [6.07, 6.45) is 0.770. The van der Waals surface area contributed by atoms with Gasteiger partial charge in [-0.15, -0.1) is 0 Å². The minimum atomic E-state index is -0.749. The second-order valence-electron chi connectivity index (χ2n) is 5.71. The molecule has 3 heteroatoms. The highest BCUT2D eigenvalue weighted by atomic mass is 16.5. The highest BCUT2D eigenvalue weighted by molar-refractivity contribution is 5.32. The summed E-state index contributed by atoms with van der Waals surface area (Å²) in [6.45, 7) is 2.48. The molecule has 1 saturated heterocycles. The van der Waals surface area contributed by atoms with Crippen LogP contribution in [0, 0.1) is 0 Å². The van der Waals surface area contributed by atoms with Crippen LogP contribution in [0.1, 0.15) is 17.5 Å². The van der Waals surface area contributed by atoms with E-state index in [1.165, 1.54) is 5.56 Å². The number of hydrogen-bond donors (Lipinski definition) is 1. The monoisotopic (exact) mass is 283 g/mol. The Morgan fingerprint density at radius 1 is 1.10 bits per heavy atom. The Hall–Kier alpha value is -1.84. The molecule has 0 spiro atoms. The third kappa shape index (κ3) is 3.09. The SMILES string of the molecule is COc1ccc(C2(O)CCN(Cc3ccccc3)C2)cc1. The molecule has 1 heterocycles. The van der Waals surface area contributed by atoms with Gasteiger partial charge in [0.2, 0.25) is 0 Å². The van der Waals surface area contributed by atoms with Crippen LogP contribution >= 0.6 is 0 Å². The third-order valence-corrected chi connectivity index (χ3v) is 4.20. The molecule has 0 aromatic heterocycles. The number of nitrogens with zero attached hydrogens (tertiary/aromatic N) is 1. The maximum absolute atomic E-state index is 10.9. The van der Waals surface area contributed by atoms with Gasteiger partial charge in [0, 0.05) is 19.6 Å². The van der Waals surface area contributed by atoms with Gasteiger partial charge >= 0.3 is 0 Å². The lowest BCUT2D eigenvalue weighted by Gasteiger charge is -2.24. The van der Waals surface area contributed by atoms with Gasteiger partial charge in [-0.2, -0.15) is 0 Å². The van der Waals surface area contributed by atoms with Gasteiger partial charge in [0.15, 0.2) is 0 Å². The number of likely N-dealkylation sites (tertiary alicyclic amines) is 1. The third-order valence-electron chi connectivity index (χ3n) is 4.20. The van der Waals surface area contributed by atoms with Crippen molar-refractivity contribution in [2.24, 2.45) is 0 Å². The Kier molecular flexibility index (Phi) is 3.95. The number of ether oxygens (including phenoxy) is 1. The summed E-state index contributed by atoms with van der Waals surface area (Å²) < 4.78 is 5.17. The topological polar surface area (TPSA) is 32.7 Å². The average molecular weight is 283 g/mol. The largest absolute Gasteiger partial charge is 0.497 e. The second-order valence-corrected chi connectivity index (χ2v) is 5.71. The lowest BCUT2D eigenvalue weighted by atomic mass is 9.93. The molecule has 110 valence electrons. The minimum Gasteiger partial charge on any atom is -0.497 e. The maximum atomic E-state index is 10.9. The summed E-state index contributed by atoms with van der Waals surface area (Å²) >= 11 is 0. The zero-order valence-corrected chi connectivity index (χ0v) is 12.3. The van der Waals surface area contributed by atoms with Crippen LogP contribution in [0.2, 0.25) is 0 Å². The van der Waals surface area contributed by atoms with Gasteiger partial charge in [0.25, 0.3) is 0 Å². The first-order chi connectivity index (χ1) is 10.2. The van der Waals surface area contributed by atoms with Crippen molar-refractivity contribution in [3.05, 3.63) is 65.7 Å². The van der Waals surface area contributed by atoms with E-state index in [1.807, 2.05) is 30.3 Å². The molecule has 1 atom stereocenters. The Balaban J connectivity index is 1.69. The standard InChI is InChI=1S/C18H21NO2/c1-21-17-9-7-16(8-10-17)18(20)11-12-19(14-18)13-15-5-3-2-4-6-15/h2-10,20H,11-14H2,1H3. The molecule has 1 N–H and O–H groups in total.